The molecule has 3 aromatic rings. The van der Waals surface area contributed by atoms with E-state index in [0.29, 0.717) is 17.4 Å². The number of aromatic nitrogens is 1. The van der Waals surface area contributed by atoms with Gasteiger partial charge in [-0.15, -0.1) is 0 Å². The lowest BCUT2D eigenvalue weighted by Gasteiger charge is -2.45. The average Bonchev–Trinajstić information content (AvgIpc) is 3.11. The molecule has 4 N–H and O–H groups in total. The van der Waals surface area contributed by atoms with E-state index in [-0.39, 0.29) is 5.96 Å². The van der Waals surface area contributed by atoms with Crippen LogP contribution < -0.4 is 16.4 Å². The second-order valence-corrected chi connectivity index (χ2v) is 7.80. The maximum absolute atomic E-state index is 6.34. The van der Waals surface area contributed by atoms with Crippen LogP contribution in [0.25, 0.3) is 22.6 Å². The first kappa shape index (κ1) is 17.7. The maximum Gasteiger partial charge on any atom is 0.227 e. The Morgan fingerprint density at radius 2 is 1.83 bits per heavy atom. The predicted molar refractivity (Wildman–Crippen MR) is 116 cm³/mol. The molecule has 0 bridgehead atoms. The van der Waals surface area contributed by atoms with E-state index in [9.17, 15) is 0 Å². The summed E-state index contributed by atoms with van der Waals surface area (Å²) in [5.74, 6) is 1.24. The normalized spacial score (nSPS) is 18.7. The molecule has 0 saturated heterocycles. The highest BCUT2D eigenvalue weighted by Gasteiger charge is 2.42. The van der Waals surface area contributed by atoms with Crippen LogP contribution in [0.2, 0.25) is 0 Å². The smallest absolute Gasteiger partial charge is 0.227 e. The lowest BCUT2D eigenvalue weighted by atomic mass is 9.87. The van der Waals surface area contributed by atoms with Gasteiger partial charge in [-0.2, -0.15) is 4.99 Å². The third-order valence-corrected chi connectivity index (χ3v) is 5.86. The number of hydrogen-bond acceptors (Lipinski definition) is 7. The van der Waals surface area contributed by atoms with E-state index in [1.165, 1.54) is 6.42 Å². The van der Waals surface area contributed by atoms with Gasteiger partial charge in [0.25, 0.3) is 0 Å². The molecule has 0 amide bonds. The number of nitrogens with two attached hydrogens (primary N) is 2. The summed E-state index contributed by atoms with van der Waals surface area (Å²) in [6.07, 6.45) is 5.16. The molecule has 1 aliphatic heterocycles. The van der Waals surface area contributed by atoms with Gasteiger partial charge < -0.3 is 15.9 Å². The highest BCUT2D eigenvalue weighted by molar-refractivity contribution is 6.06. The van der Waals surface area contributed by atoms with E-state index in [1.807, 2.05) is 41.3 Å². The molecule has 0 atom stereocenters. The fraction of sp³-hybridized carbons (Fsp3) is 0.318. The Morgan fingerprint density at radius 3 is 2.62 bits per heavy atom. The van der Waals surface area contributed by atoms with Crippen LogP contribution in [0.3, 0.4) is 0 Å². The van der Waals surface area contributed by atoms with Crippen molar-refractivity contribution < 1.29 is 4.42 Å². The molecule has 2 heterocycles. The van der Waals surface area contributed by atoms with Crippen LogP contribution in [0.5, 0.6) is 0 Å². The molecule has 1 spiro atoms. The molecular weight excluding hydrogens is 364 g/mol. The highest BCUT2D eigenvalue weighted by Crippen LogP contribution is 2.40. The summed E-state index contributed by atoms with van der Waals surface area (Å²) in [6, 6.07) is 14.0. The Morgan fingerprint density at radius 1 is 1.03 bits per heavy atom. The van der Waals surface area contributed by atoms with Gasteiger partial charge in [0.15, 0.2) is 5.58 Å². The van der Waals surface area contributed by atoms with Gasteiger partial charge in [0, 0.05) is 11.6 Å². The summed E-state index contributed by atoms with van der Waals surface area (Å²) in [5.41, 5.74) is 16.4. The minimum atomic E-state index is -0.472. The van der Waals surface area contributed by atoms with Crippen molar-refractivity contribution >= 4 is 28.7 Å². The molecule has 7 heteroatoms. The van der Waals surface area contributed by atoms with Gasteiger partial charge >= 0.3 is 0 Å². The van der Waals surface area contributed by atoms with Crippen LogP contribution >= 0.6 is 0 Å². The van der Waals surface area contributed by atoms with Crippen LogP contribution in [0.1, 0.15) is 37.7 Å². The highest BCUT2D eigenvalue weighted by atomic mass is 16.3. The van der Waals surface area contributed by atoms with E-state index in [4.69, 9.17) is 20.9 Å². The fourth-order valence-corrected chi connectivity index (χ4v) is 4.48. The molecule has 1 fully saturated rings. The Bertz CT molecular complexity index is 1140. The third kappa shape index (κ3) is 2.93. The van der Waals surface area contributed by atoms with Crippen LogP contribution in [0.4, 0.5) is 5.69 Å². The Balaban J connectivity index is 1.59. The van der Waals surface area contributed by atoms with E-state index in [1.54, 1.807) is 0 Å². The van der Waals surface area contributed by atoms with Gasteiger partial charge in [-0.05, 0) is 56.4 Å². The number of rotatable bonds is 2. The summed E-state index contributed by atoms with van der Waals surface area (Å²) in [6.45, 7) is 2.05. The number of fused-ring (bicyclic) bond motifs is 1. The van der Waals surface area contributed by atoms with Crippen molar-refractivity contribution in [3.63, 3.8) is 0 Å². The van der Waals surface area contributed by atoms with Gasteiger partial charge in [0.2, 0.25) is 17.8 Å². The molecule has 1 saturated carbocycles. The second-order valence-electron chi connectivity index (χ2n) is 7.80. The number of oxazole rings is 1. The Kier molecular flexibility index (Phi) is 4.04. The number of guanidine groups is 2. The zero-order chi connectivity index (χ0) is 20.0. The first-order valence-corrected chi connectivity index (χ1v) is 10.0. The molecule has 5 rings (SSSR count). The lowest BCUT2D eigenvalue weighted by Crippen LogP contribution is -2.58. The summed E-state index contributed by atoms with van der Waals surface area (Å²) >= 11 is 0. The topological polar surface area (TPSA) is 106 Å². The van der Waals surface area contributed by atoms with Crippen LogP contribution in [0.15, 0.2) is 56.9 Å². The van der Waals surface area contributed by atoms with E-state index in [0.717, 1.165) is 48.0 Å². The summed E-state index contributed by atoms with van der Waals surface area (Å²) in [5, 5.41) is 0. The minimum Gasteiger partial charge on any atom is -0.436 e. The second kappa shape index (κ2) is 6.62. The summed E-state index contributed by atoms with van der Waals surface area (Å²) in [4.78, 5) is 15.7. The molecule has 1 aromatic heterocycles. The van der Waals surface area contributed by atoms with E-state index < -0.39 is 5.66 Å². The third-order valence-electron chi connectivity index (χ3n) is 5.86. The zero-order valence-corrected chi connectivity index (χ0v) is 16.4. The Hall–Kier alpha value is -3.35. The summed E-state index contributed by atoms with van der Waals surface area (Å²) < 4.78 is 6.12. The van der Waals surface area contributed by atoms with Crippen molar-refractivity contribution in [1.29, 1.82) is 0 Å². The van der Waals surface area contributed by atoms with Crippen molar-refractivity contribution in [2.24, 2.45) is 21.5 Å². The number of anilines is 1. The van der Waals surface area contributed by atoms with Gasteiger partial charge in [0.05, 0.1) is 5.69 Å². The van der Waals surface area contributed by atoms with Gasteiger partial charge in [-0.1, -0.05) is 24.6 Å². The SMILES string of the molecule is Cc1ccccc1-c1nc2ccc(N3C(N)=NC(N)=NC34CCCCC4)cc2o1. The summed E-state index contributed by atoms with van der Waals surface area (Å²) in [7, 11) is 0. The van der Waals surface area contributed by atoms with E-state index >= 15 is 0 Å². The molecule has 1 aliphatic carbocycles. The zero-order valence-electron chi connectivity index (χ0n) is 16.4. The predicted octanol–water partition coefficient (Wildman–Crippen LogP) is 3.91. The first-order valence-electron chi connectivity index (χ1n) is 10.0. The quantitative estimate of drug-likeness (QED) is 0.692. The maximum atomic E-state index is 6.34. The number of benzene rings is 2. The molecule has 7 nitrogen and oxygen atoms in total. The van der Waals surface area contributed by atoms with Crippen LogP contribution in [-0.4, -0.2) is 22.6 Å². The molecule has 29 heavy (non-hydrogen) atoms. The molecule has 2 aliphatic rings. The largest absolute Gasteiger partial charge is 0.436 e. The number of nitrogens with zero attached hydrogens (tertiary/aromatic N) is 4. The van der Waals surface area contributed by atoms with Gasteiger partial charge in [-0.25, -0.2) is 9.98 Å². The minimum absolute atomic E-state index is 0.253. The van der Waals surface area contributed by atoms with Crippen molar-refractivity contribution in [3.8, 4) is 11.5 Å². The van der Waals surface area contributed by atoms with Gasteiger partial charge in [-0.3, -0.25) is 4.90 Å². The van der Waals surface area contributed by atoms with Crippen molar-refractivity contribution in [1.82, 2.24) is 4.98 Å². The average molecular weight is 388 g/mol. The first-order chi connectivity index (χ1) is 14.1. The van der Waals surface area contributed by atoms with Crippen molar-refractivity contribution in [2.45, 2.75) is 44.7 Å². The lowest BCUT2D eigenvalue weighted by molar-refractivity contribution is 0.305. The molecule has 0 radical (unpaired) electrons. The number of hydrogen-bond donors (Lipinski definition) is 2. The van der Waals surface area contributed by atoms with Crippen molar-refractivity contribution in [3.05, 3.63) is 48.0 Å². The Labute approximate surface area is 169 Å². The van der Waals surface area contributed by atoms with E-state index in [2.05, 4.69) is 23.0 Å². The fourth-order valence-electron chi connectivity index (χ4n) is 4.48. The van der Waals surface area contributed by atoms with Crippen molar-refractivity contribution in [2.75, 3.05) is 4.90 Å². The molecule has 2 aromatic carbocycles. The van der Waals surface area contributed by atoms with Gasteiger partial charge in [0.1, 0.15) is 11.2 Å². The monoisotopic (exact) mass is 388 g/mol. The molecular formula is C22H24N6O. The van der Waals surface area contributed by atoms with Crippen LogP contribution in [0, 0.1) is 6.92 Å². The number of aliphatic imine (C=N–C) groups is 2. The van der Waals surface area contributed by atoms with Crippen LogP contribution in [-0.2, 0) is 0 Å². The number of aryl methyl sites for hydroxylation is 1. The molecule has 0 unspecified atom stereocenters. The standard InChI is InChI=1S/C22H24N6O/c1-14-7-3-4-8-16(14)19-25-17-10-9-15(13-18(17)29-19)28-21(24)26-20(23)27-22(28)11-5-2-6-12-22/h3-4,7-10,13H,2,5-6,11-12H2,1H3,(H4,23,24,26,27). The molecule has 148 valence electrons.